The minimum atomic E-state index is -0.947. The number of aliphatic hydroxyl groups excluding tert-OH is 1. The smallest absolute Gasteiger partial charge is 0.322 e. The fourth-order valence-corrected chi connectivity index (χ4v) is 5.40. The van der Waals surface area contributed by atoms with E-state index in [1.807, 2.05) is 30.3 Å². The highest BCUT2D eigenvalue weighted by atomic mass is 16.3. The van der Waals surface area contributed by atoms with E-state index in [1.165, 1.54) is 16.7 Å². The van der Waals surface area contributed by atoms with Crippen LogP contribution < -0.4 is 16.0 Å². The van der Waals surface area contributed by atoms with E-state index in [9.17, 15) is 14.7 Å². The number of hydrogen-bond acceptors (Lipinski definition) is 4. The van der Waals surface area contributed by atoms with Gasteiger partial charge in [0.2, 0.25) is 0 Å². The van der Waals surface area contributed by atoms with Crippen LogP contribution in [0.4, 0.5) is 4.79 Å². The van der Waals surface area contributed by atoms with Crippen molar-refractivity contribution in [3.8, 4) is 0 Å². The highest BCUT2D eigenvalue weighted by molar-refractivity contribution is 6.07. The van der Waals surface area contributed by atoms with Crippen LogP contribution in [0.2, 0.25) is 0 Å². The van der Waals surface area contributed by atoms with Gasteiger partial charge in [-0.3, -0.25) is 10.1 Å². The summed E-state index contributed by atoms with van der Waals surface area (Å²) in [5.74, 6) is -0.244. The zero-order valence-electron chi connectivity index (χ0n) is 16.9. The van der Waals surface area contributed by atoms with Crippen LogP contribution in [-0.4, -0.2) is 23.7 Å². The fourth-order valence-electron chi connectivity index (χ4n) is 5.40. The molecule has 3 amide bonds. The predicted octanol–water partition coefficient (Wildman–Crippen LogP) is 2.76. The highest BCUT2D eigenvalue weighted by Crippen LogP contribution is 2.42. The van der Waals surface area contributed by atoms with Gasteiger partial charge in [-0.2, -0.15) is 0 Å². The molecule has 1 spiro atoms. The van der Waals surface area contributed by atoms with Gasteiger partial charge in [-0.05, 0) is 66.3 Å². The number of hydrogen-bond donors (Lipinski definition) is 4. The molecule has 0 radical (unpaired) electrons. The third kappa shape index (κ3) is 3.11. The fraction of sp³-hybridized carbons (Fsp3) is 0.417. The van der Waals surface area contributed by atoms with Crippen molar-refractivity contribution in [1.29, 1.82) is 0 Å². The molecule has 30 heavy (non-hydrogen) atoms. The first kappa shape index (κ1) is 19.3. The molecule has 4 N–H and O–H groups in total. The lowest BCUT2D eigenvalue weighted by Gasteiger charge is -2.37. The summed E-state index contributed by atoms with van der Waals surface area (Å²) in [4.78, 5) is 24.7. The number of benzene rings is 2. The number of amides is 3. The maximum Gasteiger partial charge on any atom is 0.322 e. The van der Waals surface area contributed by atoms with Crippen LogP contribution in [0.5, 0.6) is 0 Å². The zero-order valence-corrected chi connectivity index (χ0v) is 16.9. The Bertz CT molecular complexity index is 991. The molecule has 0 bridgehead atoms. The molecule has 2 aromatic rings. The predicted molar refractivity (Wildman–Crippen MR) is 113 cm³/mol. The van der Waals surface area contributed by atoms with Gasteiger partial charge in [0.1, 0.15) is 5.54 Å². The Labute approximate surface area is 176 Å². The summed E-state index contributed by atoms with van der Waals surface area (Å²) in [5, 5.41) is 19.0. The van der Waals surface area contributed by atoms with Gasteiger partial charge in [-0.1, -0.05) is 42.5 Å². The van der Waals surface area contributed by atoms with E-state index in [0.717, 1.165) is 43.2 Å². The van der Waals surface area contributed by atoms with Crippen molar-refractivity contribution in [1.82, 2.24) is 16.0 Å². The summed E-state index contributed by atoms with van der Waals surface area (Å²) in [5.41, 5.74) is 4.71. The van der Waals surface area contributed by atoms with Crippen molar-refractivity contribution >= 4 is 11.9 Å². The molecule has 3 aliphatic rings. The molecule has 5 rings (SSSR count). The topological polar surface area (TPSA) is 90.5 Å². The van der Waals surface area contributed by atoms with Crippen molar-refractivity contribution in [2.75, 3.05) is 6.61 Å². The summed E-state index contributed by atoms with van der Waals surface area (Å²) in [7, 11) is 0. The van der Waals surface area contributed by atoms with E-state index in [1.54, 1.807) is 0 Å². The molecule has 1 aliphatic heterocycles. The van der Waals surface area contributed by atoms with E-state index < -0.39 is 11.6 Å². The Morgan fingerprint density at radius 2 is 1.90 bits per heavy atom. The average molecular weight is 405 g/mol. The number of carbonyl (C=O) groups excluding carboxylic acids is 2. The van der Waals surface area contributed by atoms with Gasteiger partial charge in [0.05, 0.1) is 12.6 Å². The maximum atomic E-state index is 12.7. The summed E-state index contributed by atoms with van der Waals surface area (Å²) in [6, 6.07) is 13.9. The van der Waals surface area contributed by atoms with Crippen LogP contribution in [0.3, 0.4) is 0 Å². The second-order valence-electron chi connectivity index (χ2n) is 8.63. The van der Waals surface area contributed by atoms with Crippen LogP contribution in [-0.2, 0) is 23.2 Å². The molecule has 1 saturated heterocycles. The number of aryl methyl sites for hydroxylation is 2. The van der Waals surface area contributed by atoms with E-state index >= 15 is 0 Å². The van der Waals surface area contributed by atoms with Gasteiger partial charge in [0.25, 0.3) is 5.91 Å². The average Bonchev–Trinajstić information content (AvgIpc) is 3.05. The number of rotatable bonds is 4. The molecule has 3 atom stereocenters. The van der Waals surface area contributed by atoms with E-state index in [0.29, 0.717) is 6.42 Å². The van der Waals surface area contributed by atoms with Crippen LogP contribution in [0.15, 0.2) is 42.5 Å². The number of nitrogens with one attached hydrogen (secondary N) is 3. The standard InChI is InChI=1S/C24H27N3O3/c28-14-21(15-6-2-1-3-7-15)25-20-10-4-8-16-12-17-9-5-11-24(19(17)13-18(16)20)22(29)26-23(30)27-24/h1-3,6-7,12-13,20-21,25,28H,4-5,8-11,14H2,(H2,26,27,29,30)/t20-,21-,24+/m0/s1. The first-order valence-corrected chi connectivity index (χ1v) is 10.8. The van der Waals surface area contributed by atoms with Crippen molar-refractivity contribution in [2.45, 2.75) is 56.1 Å². The monoisotopic (exact) mass is 405 g/mol. The number of urea groups is 1. The molecule has 2 aliphatic carbocycles. The van der Waals surface area contributed by atoms with E-state index in [-0.39, 0.29) is 24.6 Å². The van der Waals surface area contributed by atoms with Crippen molar-refractivity contribution in [3.05, 3.63) is 70.3 Å². The number of carbonyl (C=O) groups is 2. The first-order chi connectivity index (χ1) is 14.6. The lowest BCUT2D eigenvalue weighted by Crippen LogP contribution is -2.46. The summed E-state index contributed by atoms with van der Waals surface area (Å²) >= 11 is 0. The molecule has 0 saturated carbocycles. The normalized spacial score (nSPS) is 26.0. The molecule has 0 unspecified atom stereocenters. The quantitative estimate of drug-likeness (QED) is 0.589. The molecule has 0 aromatic heterocycles. The van der Waals surface area contributed by atoms with Crippen molar-refractivity contribution in [3.63, 3.8) is 0 Å². The number of fused-ring (bicyclic) bond motifs is 3. The first-order valence-electron chi connectivity index (χ1n) is 10.8. The van der Waals surface area contributed by atoms with Crippen LogP contribution in [0.1, 0.15) is 65.6 Å². The van der Waals surface area contributed by atoms with Gasteiger partial charge in [-0.25, -0.2) is 4.79 Å². The van der Waals surface area contributed by atoms with Crippen LogP contribution >= 0.6 is 0 Å². The second kappa shape index (κ2) is 7.52. The summed E-state index contributed by atoms with van der Waals surface area (Å²) < 4.78 is 0. The Morgan fingerprint density at radius 3 is 2.63 bits per heavy atom. The second-order valence-corrected chi connectivity index (χ2v) is 8.63. The summed E-state index contributed by atoms with van der Waals surface area (Å²) in [6.45, 7) is 0.0171. The van der Waals surface area contributed by atoms with Crippen molar-refractivity contribution in [2.24, 2.45) is 0 Å². The minimum Gasteiger partial charge on any atom is -0.394 e. The Morgan fingerprint density at radius 1 is 1.10 bits per heavy atom. The third-order valence-electron chi connectivity index (χ3n) is 6.87. The molecule has 6 nitrogen and oxygen atoms in total. The van der Waals surface area contributed by atoms with E-state index in [2.05, 4.69) is 28.1 Å². The Balaban J connectivity index is 1.53. The molecule has 156 valence electrons. The zero-order chi connectivity index (χ0) is 20.7. The highest BCUT2D eigenvalue weighted by Gasteiger charge is 2.50. The largest absolute Gasteiger partial charge is 0.394 e. The maximum absolute atomic E-state index is 12.7. The van der Waals surface area contributed by atoms with Gasteiger partial charge >= 0.3 is 6.03 Å². The van der Waals surface area contributed by atoms with Crippen LogP contribution in [0.25, 0.3) is 0 Å². The van der Waals surface area contributed by atoms with Gasteiger partial charge in [0, 0.05) is 6.04 Å². The molecule has 1 fully saturated rings. The van der Waals surface area contributed by atoms with E-state index in [4.69, 9.17) is 0 Å². The number of imide groups is 1. The molecule has 1 heterocycles. The molecule has 6 heteroatoms. The minimum absolute atomic E-state index is 0.0171. The Hall–Kier alpha value is -2.70. The van der Waals surface area contributed by atoms with Crippen LogP contribution in [0, 0.1) is 0 Å². The van der Waals surface area contributed by atoms with Crippen molar-refractivity contribution < 1.29 is 14.7 Å². The van der Waals surface area contributed by atoms with Gasteiger partial charge in [-0.15, -0.1) is 0 Å². The van der Waals surface area contributed by atoms with Gasteiger partial charge in [0.15, 0.2) is 0 Å². The molecule has 2 aromatic carbocycles. The number of aliphatic hydroxyl groups is 1. The van der Waals surface area contributed by atoms with Gasteiger partial charge < -0.3 is 15.7 Å². The molecular formula is C24H27N3O3. The lowest BCUT2D eigenvalue weighted by atomic mass is 9.73. The Kier molecular flexibility index (Phi) is 4.83. The molecular weight excluding hydrogens is 378 g/mol. The summed E-state index contributed by atoms with van der Waals surface area (Å²) in [6.07, 6.45) is 5.50. The SMILES string of the molecule is O=C1NC(=O)[C@]2(CCCc3cc4c(cc32)[C@@H](N[C@@H](CO)c2ccccc2)CCC4)N1. The third-order valence-corrected chi connectivity index (χ3v) is 6.87. The lowest BCUT2D eigenvalue weighted by molar-refractivity contribution is -0.124.